The van der Waals surface area contributed by atoms with Crippen LogP contribution in [0.3, 0.4) is 0 Å². The molecule has 1 heterocycles. The van der Waals surface area contributed by atoms with Crippen molar-refractivity contribution < 1.29 is 23.9 Å². The molecule has 198 valence electrons. The minimum Gasteiger partial charge on any atom is -0.467 e. The van der Waals surface area contributed by atoms with Crippen LogP contribution in [-0.2, 0) is 23.9 Å². The lowest BCUT2D eigenvalue weighted by molar-refractivity contribution is -0.147. The van der Waals surface area contributed by atoms with Crippen LogP contribution in [0, 0.1) is 0 Å². The van der Waals surface area contributed by atoms with Crippen LogP contribution in [0.15, 0.2) is 60.7 Å². The van der Waals surface area contributed by atoms with E-state index in [4.69, 9.17) is 4.74 Å². The number of rotatable bonds is 10. The first-order valence-corrected chi connectivity index (χ1v) is 12.5. The van der Waals surface area contributed by atoms with Crippen molar-refractivity contribution in [1.82, 2.24) is 20.9 Å². The molecule has 4 atom stereocenters. The average Bonchev–Trinajstić information content (AvgIpc) is 3.42. The highest BCUT2D eigenvalue weighted by molar-refractivity contribution is 5.94. The van der Waals surface area contributed by atoms with Gasteiger partial charge < -0.3 is 25.6 Å². The van der Waals surface area contributed by atoms with Crippen LogP contribution in [-0.4, -0.2) is 73.5 Å². The van der Waals surface area contributed by atoms with Crippen LogP contribution >= 0.6 is 0 Å². The standard InChI is InChI=1S/C28H36N4O5/c1-18(29-3)25(33)30-19(2)27(35)32-17-11-16-22(32)26(34)31-24(28(36)37-4)23(20-12-7-5-8-13-20)21-14-9-6-10-15-21/h5-10,12-15,18-19,22-24,29H,11,16-17H2,1-4H3,(H,30,33)(H,31,34)/t18-,19-,22-,24-/m0/s1. The summed E-state index contributed by atoms with van der Waals surface area (Å²) in [6, 6.07) is 15.9. The number of carbonyl (C=O) groups excluding carboxylic acids is 4. The summed E-state index contributed by atoms with van der Waals surface area (Å²) >= 11 is 0. The predicted molar refractivity (Wildman–Crippen MR) is 140 cm³/mol. The molecule has 1 fully saturated rings. The zero-order valence-corrected chi connectivity index (χ0v) is 21.8. The number of nitrogens with zero attached hydrogens (tertiary/aromatic N) is 1. The molecule has 3 N–H and O–H groups in total. The summed E-state index contributed by atoms with van der Waals surface area (Å²) in [7, 11) is 2.95. The predicted octanol–water partition coefficient (Wildman–Crippen LogP) is 1.58. The van der Waals surface area contributed by atoms with Gasteiger partial charge in [-0.3, -0.25) is 14.4 Å². The Bertz CT molecular complexity index is 1040. The van der Waals surface area contributed by atoms with E-state index in [2.05, 4.69) is 16.0 Å². The molecule has 3 rings (SSSR count). The minimum atomic E-state index is -1.01. The molecule has 2 aromatic carbocycles. The van der Waals surface area contributed by atoms with E-state index in [1.54, 1.807) is 20.9 Å². The molecule has 0 unspecified atom stereocenters. The van der Waals surface area contributed by atoms with Gasteiger partial charge in [0.05, 0.1) is 13.2 Å². The van der Waals surface area contributed by atoms with Gasteiger partial charge in [0.25, 0.3) is 0 Å². The fourth-order valence-electron chi connectivity index (χ4n) is 4.64. The first-order valence-electron chi connectivity index (χ1n) is 12.5. The van der Waals surface area contributed by atoms with E-state index in [1.807, 2.05) is 60.7 Å². The van der Waals surface area contributed by atoms with Gasteiger partial charge in [-0.1, -0.05) is 60.7 Å². The van der Waals surface area contributed by atoms with E-state index in [9.17, 15) is 19.2 Å². The first-order chi connectivity index (χ1) is 17.8. The zero-order chi connectivity index (χ0) is 26.9. The van der Waals surface area contributed by atoms with Gasteiger partial charge in [-0.2, -0.15) is 0 Å². The van der Waals surface area contributed by atoms with Gasteiger partial charge in [0, 0.05) is 12.5 Å². The lowest BCUT2D eigenvalue weighted by Gasteiger charge is -2.31. The second-order valence-electron chi connectivity index (χ2n) is 9.24. The maximum Gasteiger partial charge on any atom is 0.329 e. The Kier molecular flexibility index (Phi) is 9.79. The van der Waals surface area contributed by atoms with Gasteiger partial charge in [0.2, 0.25) is 17.7 Å². The highest BCUT2D eigenvalue weighted by atomic mass is 16.5. The molecule has 0 bridgehead atoms. The van der Waals surface area contributed by atoms with E-state index in [0.29, 0.717) is 19.4 Å². The van der Waals surface area contributed by atoms with Crippen LogP contribution in [0.25, 0.3) is 0 Å². The number of methoxy groups -OCH3 is 1. The Morgan fingerprint density at radius 2 is 1.46 bits per heavy atom. The van der Waals surface area contributed by atoms with Crippen LogP contribution in [0.1, 0.15) is 43.7 Å². The van der Waals surface area contributed by atoms with Crippen molar-refractivity contribution in [2.75, 3.05) is 20.7 Å². The summed E-state index contributed by atoms with van der Waals surface area (Å²) in [4.78, 5) is 53.5. The number of hydrogen-bond donors (Lipinski definition) is 3. The number of likely N-dealkylation sites (tertiary alicyclic amines) is 1. The summed E-state index contributed by atoms with van der Waals surface area (Å²) in [6.07, 6.45) is 1.10. The Morgan fingerprint density at radius 3 is 1.97 bits per heavy atom. The number of benzene rings is 2. The number of likely N-dealkylation sites (N-methyl/N-ethyl adjacent to an activating group) is 1. The molecule has 0 saturated carbocycles. The van der Waals surface area contributed by atoms with Gasteiger partial charge in [-0.15, -0.1) is 0 Å². The number of carbonyl (C=O) groups is 4. The lowest BCUT2D eigenvalue weighted by Crippen LogP contribution is -2.56. The maximum absolute atomic E-state index is 13.5. The Balaban J connectivity index is 1.84. The van der Waals surface area contributed by atoms with Gasteiger partial charge in [-0.25, -0.2) is 4.79 Å². The fourth-order valence-corrected chi connectivity index (χ4v) is 4.64. The zero-order valence-electron chi connectivity index (χ0n) is 21.8. The van der Waals surface area contributed by atoms with Gasteiger partial charge >= 0.3 is 5.97 Å². The van der Waals surface area contributed by atoms with Crippen molar-refractivity contribution in [3.05, 3.63) is 71.8 Å². The normalized spacial score (nSPS) is 17.5. The molecular formula is C28H36N4O5. The average molecular weight is 509 g/mol. The maximum atomic E-state index is 13.5. The van der Waals surface area contributed by atoms with Gasteiger partial charge in [0.1, 0.15) is 18.1 Å². The third-order valence-corrected chi connectivity index (χ3v) is 6.80. The third kappa shape index (κ3) is 6.74. The van der Waals surface area contributed by atoms with Crippen LogP contribution in [0.5, 0.6) is 0 Å². The van der Waals surface area contributed by atoms with Crippen LogP contribution in [0.4, 0.5) is 0 Å². The third-order valence-electron chi connectivity index (χ3n) is 6.80. The number of ether oxygens (including phenoxy) is 1. The van der Waals surface area contributed by atoms with Crippen LogP contribution in [0.2, 0.25) is 0 Å². The largest absolute Gasteiger partial charge is 0.467 e. The molecule has 1 saturated heterocycles. The van der Waals surface area contributed by atoms with Crippen molar-refractivity contribution in [3.63, 3.8) is 0 Å². The summed E-state index contributed by atoms with van der Waals surface area (Å²) in [6.45, 7) is 3.69. The highest BCUT2D eigenvalue weighted by Gasteiger charge is 2.40. The van der Waals surface area contributed by atoms with Gasteiger partial charge in [0.15, 0.2) is 0 Å². The van der Waals surface area contributed by atoms with E-state index in [0.717, 1.165) is 11.1 Å². The number of hydrogen-bond acceptors (Lipinski definition) is 6. The Labute approximate surface area is 217 Å². The topological polar surface area (TPSA) is 117 Å². The summed E-state index contributed by atoms with van der Waals surface area (Å²) in [5.41, 5.74) is 1.69. The number of esters is 1. The second-order valence-corrected chi connectivity index (χ2v) is 9.24. The van der Waals surface area contributed by atoms with E-state index >= 15 is 0 Å². The smallest absolute Gasteiger partial charge is 0.329 e. The molecule has 1 aliphatic heterocycles. The molecule has 2 aromatic rings. The number of nitrogens with one attached hydrogen (secondary N) is 3. The molecule has 0 spiro atoms. The van der Waals surface area contributed by atoms with Crippen LogP contribution < -0.4 is 16.0 Å². The summed E-state index contributed by atoms with van der Waals surface area (Å²) in [5, 5.41) is 8.43. The fraction of sp³-hybridized carbons (Fsp3) is 0.429. The van der Waals surface area contributed by atoms with E-state index < -0.39 is 42.0 Å². The highest BCUT2D eigenvalue weighted by Crippen LogP contribution is 2.29. The molecule has 0 aromatic heterocycles. The molecule has 9 heteroatoms. The van der Waals surface area contributed by atoms with Gasteiger partial charge in [-0.05, 0) is 44.9 Å². The molecule has 3 amide bonds. The second kappa shape index (κ2) is 13.0. The molecule has 9 nitrogen and oxygen atoms in total. The molecule has 0 aliphatic carbocycles. The summed E-state index contributed by atoms with van der Waals surface area (Å²) in [5.74, 6) is -2.15. The van der Waals surface area contributed by atoms with E-state index in [-0.39, 0.29) is 11.8 Å². The molecule has 37 heavy (non-hydrogen) atoms. The number of amides is 3. The molecular weight excluding hydrogens is 472 g/mol. The van der Waals surface area contributed by atoms with Crippen molar-refractivity contribution in [2.45, 2.75) is 56.8 Å². The summed E-state index contributed by atoms with van der Waals surface area (Å²) < 4.78 is 5.10. The quantitative estimate of drug-likeness (QED) is 0.420. The van der Waals surface area contributed by atoms with Crippen molar-refractivity contribution in [2.24, 2.45) is 0 Å². The molecule has 1 aliphatic rings. The first kappa shape index (κ1) is 27.9. The van der Waals surface area contributed by atoms with Crippen molar-refractivity contribution >= 4 is 23.7 Å². The van der Waals surface area contributed by atoms with E-state index in [1.165, 1.54) is 12.0 Å². The SMILES string of the molecule is CN[C@@H](C)C(=O)N[C@@H](C)C(=O)N1CCC[C@H]1C(=O)N[C@H](C(=O)OC)C(c1ccccc1)c1ccccc1. The monoisotopic (exact) mass is 508 g/mol. The lowest BCUT2D eigenvalue weighted by atomic mass is 9.84. The van der Waals surface area contributed by atoms with Crippen molar-refractivity contribution in [1.29, 1.82) is 0 Å². The molecule has 0 radical (unpaired) electrons. The Hall–Kier alpha value is -3.72. The van der Waals surface area contributed by atoms with Crippen molar-refractivity contribution in [3.8, 4) is 0 Å². The minimum absolute atomic E-state index is 0.303. The Morgan fingerprint density at radius 1 is 0.892 bits per heavy atom.